The van der Waals surface area contributed by atoms with Gasteiger partial charge in [0.2, 0.25) is 0 Å². The lowest BCUT2D eigenvalue weighted by molar-refractivity contribution is -0.139. The average molecular weight is 254 g/mol. The standard InChI is InChI=1S/C9H11NO2.C3H7NO2/c10-8(9(11)12)6-7-4-2-1-3-5-7;1-2(4)3(5)6/h1-5,8H,6,10H2,(H,11,12);2H,4H2,1H3,(H,5,6). The Balaban J connectivity index is 0.000000411. The number of carboxylic acid groups (broad SMARTS) is 2. The highest BCUT2D eigenvalue weighted by atomic mass is 16.4. The maximum Gasteiger partial charge on any atom is 0.320 e. The molecule has 100 valence electrons. The first-order chi connectivity index (χ1) is 8.34. The SMILES string of the molecule is CC(N)C(=O)O.NC(Cc1ccccc1)C(=O)O. The maximum atomic E-state index is 10.4. The minimum absolute atomic E-state index is 0.385. The molecule has 2 unspecified atom stereocenters. The molecule has 1 rings (SSSR count). The van der Waals surface area contributed by atoms with Crippen molar-refractivity contribution < 1.29 is 19.8 Å². The third-order valence-corrected chi connectivity index (χ3v) is 2.01. The quantitative estimate of drug-likeness (QED) is 0.601. The lowest BCUT2D eigenvalue weighted by atomic mass is 10.1. The second kappa shape index (κ2) is 8.21. The first kappa shape index (κ1) is 16.1. The summed E-state index contributed by atoms with van der Waals surface area (Å²) in [6, 6.07) is 7.81. The molecule has 18 heavy (non-hydrogen) atoms. The van der Waals surface area contributed by atoms with Crippen molar-refractivity contribution in [3.05, 3.63) is 35.9 Å². The molecule has 0 radical (unpaired) electrons. The van der Waals surface area contributed by atoms with E-state index >= 15 is 0 Å². The van der Waals surface area contributed by atoms with Gasteiger partial charge in [0.15, 0.2) is 0 Å². The van der Waals surface area contributed by atoms with Crippen LogP contribution in [0.1, 0.15) is 12.5 Å². The van der Waals surface area contributed by atoms with Crippen LogP contribution >= 0.6 is 0 Å². The van der Waals surface area contributed by atoms with E-state index in [0.29, 0.717) is 6.42 Å². The summed E-state index contributed by atoms with van der Waals surface area (Å²) in [5.74, 6) is -1.92. The van der Waals surface area contributed by atoms with Crippen LogP contribution in [0.4, 0.5) is 0 Å². The summed E-state index contributed by atoms with van der Waals surface area (Å²) in [6.45, 7) is 1.42. The molecule has 0 saturated carbocycles. The van der Waals surface area contributed by atoms with E-state index < -0.39 is 24.0 Å². The maximum absolute atomic E-state index is 10.4. The number of aliphatic carboxylic acids is 2. The average Bonchev–Trinajstić information content (AvgIpc) is 2.30. The Morgan fingerprint density at radius 1 is 1.11 bits per heavy atom. The van der Waals surface area contributed by atoms with Crippen LogP contribution < -0.4 is 11.5 Å². The molecular formula is C12H18N2O4. The van der Waals surface area contributed by atoms with E-state index in [-0.39, 0.29) is 0 Å². The molecule has 0 aliphatic rings. The van der Waals surface area contributed by atoms with Crippen molar-refractivity contribution in [1.29, 1.82) is 0 Å². The Labute approximate surface area is 105 Å². The van der Waals surface area contributed by atoms with Crippen LogP contribution in [-0.2, 0) is 16.0 Å². The van der Waals surface area contributed by atoms with Gasteiger partial charge in [-0.25, -0.2) is 0 Å². The molecule has 0 aromatic heterocycles. The highest BCUT2D eigenvalue weighted by molar-refractivity contribution is 5.73. The zero-order chi connectivity index (χ0) is 14.1. The van der Waals surface area contributed by atoms with Gasteiger partial charge in [0.25, 0.3) is 0 Å². The van der Waals surface area contributed by atoms with Crippen molar-refractivity contribution in [3.8, 4) is 0 Å². The summed E-state index contributed by atoms with van der Waals surface area (Å²) < 4.78 is 0. The Morgan fingerprint density at radius 3 is 1.89 bits per heavy atom. The van der Waals surface area contributed by atoms with Gasteiger partial charge in [-0.05, 0) is 18.9 Å². The highest BCUT2D eigenvalue weighted by Crippen LogP contribution is 2.01. The fourth-order valence-electron chi connectivity index (χ4n) is 0.955. The van der Waals surface area contributed by atoms with Gasteiger partial charge in [0.05, 0.1) is 0 Å². The molecule has 0 amide bonds. The minimum Gasteiger partial charge on any atom is -0.480 e. The van der Waals surface area contributed by atoms with Crippen LogP contribution in [0.25, 0.3) is 0 Å². The molecule has 6 nitrogen and oxygen atoms in total. The molecule has 1 aromatic rings. The summed E-state index contributed by atoms with van der Waals surface area (Å²) in [7, 11) is 0. The van der Waals surface area contributed by atoms with E-state index in [1.807, 2.05) is 30.3 Å². The lowest BCUT2D eigenvalue weighted by Gasteiger charge is -2.04. The monoisotopic (exact) mass is 254 g/mol. The van der Waals surface area contributed by atoms with E-state index in [2.05, 4.69) is 0 Å². The number of nitrogens with two attached hydrogens (primary N) is 2. The van der Waals surface area contributed by atoms with Crippen LogP contribution in [0.2, 0.25) is 0 Å². The third kappa shape index (κ3) is 7.37. The molecule has 0 bridgehead atoms. The molecule has 1 aromatic carbocycles. The van der Waals surface area contributed by atoms with Crippen LogP contribution in [0.5, 0.6) is 0 Å². The Morgan fingerprint density at radius 2 is 1.56 bits per heavy atom. The van der Waals surface area contributed by atoms with Crippen molar-refractivity contribution >= 4 is 11.9 Å². The fourth-order valence-corrected chi connectivity index (χ4v) is 0.955. The molecule has 0 aliphatic heterocycles. The molecule has 0 aliphatic carbocycles. The van der Waals surface area contributed by atoms with Crippen LogP contribution in [0, 0.1) is 0 Å². The molecular weight excluding hydrogens is 236 g/mol. The molecule has 6 heteroatoms. The second-order valence-corrected chi connectivity index (χ2v) is 3.76. The highest BCUT2D eigenvalue weighted by Gasteiger charge is 2.10. The molecule has 0 fully saturated rings. The Hall–Kier alpha value is -1.92. The van der Waals surface area contributed by atoms with E-state index in [4.69, 9.17) is 21.7 Å². The molecule has 0 saturated heterocycles. The van der Waals surface area contributed by atoms with Crippen molar-refractivity contribution in [3.63, 3.8) is 0 Å². The lowest BCUT2D eigenvalue weighted by Crippen LogP contribution is -2.32. The van der Waals surface area contributed by atoms with Crippen molar-refractivity contribution in [2.45, 2.75) is 25.4 Å². The number of hydrogen-bond acceptors (Lipinski definition) is 4. The van der Waals surface area contributed by atoms with E-state index in [1.54, 1.807) is 0 Å². The van der Waals surface area contributed by atoms with Gasteiger partial charge in [-0.3, -0.25) is 9.59 Å². The topological polar surface area (TPSA) is 127 Å². The van der Waals surface area contributed by atoms with Gasteiger partial charge in [0, 0.05) is 0 Å². The summed E-state index contributed by atoms with van der Waals surface area (Å²) in [5.41, 5.74) is 11.1. The van der Waals surface area contributed by atoms with Crippen LogP contribution in [0.15, 0.2) is 30.3 Å². The molecule has 2 atom stereocenters. The largest absolute Gasteiger partial charge is 0.480 e. The van der Waals surface area contributed by atoms with Gasteiger partial charge in [0.1, 0.15) is 12.1 Å². The minimum atomic E-state index is -0.963. The molecule has 0 heterocycles. The Bertz CT molecular complexity index is 379. The van der Waals surface area contributed by atoms with Crippen molar-refractivity contribution in [2.75, 3.05) is 0 Å². The van der Waals surface area contributed by atoms with E-state index in [1.165, 1.54) is 6.92 Å². The van der Waals surface area contributed by atoms with Crippen molar-refractivity contribution in [2.24, 2.45) is 11.5 Å². The van der Waals surface area contributed by atoms with Crippen molar-refractivity contribution in [1.82, 2.24) is 0 Å². The van der Waals surface area contributed by atoms with Gasteiger partial charge in [-0.1, -0.05) is 30.3 Å². The van der Waals surface area contributed by atoms with Crippen LogP contribution in [-0.4, -0.2) is 34.2 Å². The number of benzene rings is 1. The van der Waals surface area contributed by atoms with E-state index in [9.17, 15) is 9.59 Å². The zero-order valence-electron chi connectivity index (χ0n) is 10.1. The number of rotatable bonds is 4. The van der Waals surface area contributed by atoms with E-state index in [0.717, 1.165) is 5.56 Å². The van der Waals surface area contributed by atoms with Gasteiger partial charge < -0.3 is 21.7 Å². The fraction of sp³-hybridized carbons (Fsp3) is 0.333. The predicted octanol–water partition coefficient (Wildman–Crippen LogP) is 0.0592. The van der Waals surface area contributed by atoms with Gasteiger partial charge >= 0.3 is 11.9 Å². The number of hydrogen-bond donors (Lipinski definition) is 4. The summed E-state index contributed by atoms with van der Waals surface area (Å²) in [4.78, 5) is 20.0. The second-order valence-electron chi connectivity index (χ2n) is 3.76. The third-order valence-electron chi connectivity index (χ3n) is 2.01. The first-order valence-corrected chi connectivity index (χ1v) is 5.35. The molecule has 6 N–H and O–H groups in total. The van der Waals surface area contributed by atoms with Crippen LogP contribution in [0.3, 0.4) is 0 Å². The summed E-state index contributed by atoms with van der Waals surface area (Å²) >= 11 is 0. The number of carbonyl (C=O) groups is 2. The Kier molecular flexibility index (Phi) is 7.34. The summed E-state index contributed by atoms with van der Waals surface area (Å²) in [5, 5.41) is 16.4. The summed E-state index contributed by atoms with van der Waals surface area (Å²) in [6.07, 6.45) is 0.385. The predicted molar refractivity (Wildman–Crippen MR) is 67.0 cm³/mol. The van der Waals surface area contributed by atoms with Gasteiger partial charge in [-0.2, -0.15) is 0 Å². The van der Waals surface area contributed by atoms with Gasteiger partial charge in [-0.15, -0.1) is 0 Å². The normalized spacial score (nSPS) is 12.8. The number of carboxylic acids is 2. The first-order valence-electron chi connectivity index (χ1n) is 5.35. The zero-order valence-corrected chi connectivity index (χ0v) is 10.1. The smallest absolute Gasteiger partial charge is 0.320 e. The molecule has 0 spiro atoms.